The minimum Gasteiger partial charge on any atom is -0.368 e. The first-order chi connectivity index (χ1) is 9.17. The summed E-state index contributed by atoms with van der Waals surface area (Å²) in [5, 5.41) is 5.94. The van der Waals surface area contributed by atoms with Gasteiger partial charge in [0, 0.05) is 13.1 Å². The maximum absolute atomic E-state index is 12.0. The lowest BCUT2D eigenvalue weighted by Gasteiger charge is -2.25. The zero-order chi connectivity index (χ0) is 14.1. The highest BCUT2D eigenvalue weighted by atomic mass is 16.5. The molecule has 0 aromatic carbocycles. The third-order valence-corrected chi connectivity index (χ3v) is 3.17. The summed E-state index contributed by atoms with van der Waals surface area (Å²) in [6, 6.07) is 0. The topological polar surface area (TPSA) is 70.7 Å². The maximum atomic E-state index is 12.0. The Morgan fingerprint density at radius 1 is 1.32 bits per heavy atom. The lowest BCUT2D eigenvalue weighted by Crippen LogP contribution is -2.43. The summed E-state index contributed by atoms with van der Waals surface area (Å²) in [5.74, 6) is -0.244. The average molecular weight is 271 g/mol. The van der Waals surface area contributed by atoms with Gasteiger partial charge in [-0.25, -0.2) is 0 Å². The summed E-state index contributed by atoms with van der Waals surface area (Å²) in [5.41, 5.74) is 0. The number of hydrogen-bond donors (Lipinski definition) is 2. The third-order valence-electron chi connectivity index (χ3n) is 3.17. The molecule has 0 radical (unpaired) electrons. The number of carbonyl (C=O) groups excluding carboxylic acids is 2. The average Bonchev–Trinajstić information content (AvgIpc) is 2.43. The Kier molecular flexibility index (Phi) is 7.43. The molecule has 19 heavy (non-hydrogen) atoms. The molecule has 0 aromatic heterocycles. The molecular formula is C13H25N3O3. The number of ether oxygens (including phenoxy) is 1. The lowest BCUT2D eigenvalue weighted by atomic mass is 10.1. The molecule has 0 unspecified atom stereocenters. The molecule has 1 saturated heterocycles. The van der Waals surface area contributed by atoms with Crippen molar-refractivity contribution in [1.82, 2.24) is 15.5 Å². The van der Waals surface area contributed by atoms with Crippen molar-refractivity contribution in [2.75, 3.05) is 39.3 Å². The van der Waals surface area contributed by atoms with Gasteiger partial charge in [-0.05, 0) is 39.8 Å². The normalized spacial score (nSPS) is 16.1. The van der Waals surface area contributed by atoms with E-state index >= 15 is 0 Å². The van der Waals surface area contributed by atoms with Crippen LogP contribution in [0, 0.1) is 0 Å². The molecule has 1 fully saturated rings. The predicted molar refractivity (Wildman–Crippen MR) is 72.8 cm³/mol. The van der Waals surface area contributed by atoms with Gasteiger partial charge in [0.1, 0.15) is 6.61 Å². The fraction of sp³-hybridized carbons (Fsp3) is 0.846. The SMILES string of the molecule is CCNC(=O)CN(CC)C(=O)COC1CCNCC1. The van der Waals surface area contributed by atoms with Crippen LogP contribution in [0.2, 0.25) is 0 Å². The van der Waals surface area contributed by atoms with Crippen LogP contribution in [0.1, 0.15) is 26.7 Å². The zero-order valence-electron chi connectivity index (χ0n) is 11.9. The lowest BCUT2D eigenvalue weighted by molar-refractivity contribution is -0.141. The monoisotopic (exact) mass is 271 g/mol. The van der Waals surface area contributed by atoms with Gasteiger partial charge in [-0.1, -0.05) is 0 Å². The molecule has 0 saturated carbocycles. The summed E-state index contributed by atoms with van der Waals surface area (Å²) in [4.78, 5) is 25.0. The minimum absolute atomic E-state index is 0.0674. The molecule has 110 valence electrons. The van der Waals surface area contributed by atoms with E-state index in [1.807, 2.05) is 13.8 Å². The highest BCUT2D eigenvalue weighted by molar-refractivity contribution is 5.85. The predicted octanol–water partition coefficient (Wildman–Crippen LogP) is -0.260. The zero-order valence-corrected chi connectivity index (χ0v) is 11.9. The van der Waals surface area contributed by atoms with Crippen LogP contribution in [0.5, 0.6) is 0 Å². The molecule has 0 aromatic rings. The summed E-state index contributed by atoms with van der Waals surface area (Å²) in [7, 11) is 0. The Bertz CT molecular complexity index is 291. The molecule has 0 bridgehead atoms. The molecule has 1 heterocycles. The van der Waals surface area contributed by atoms with Gasteiger partial charge in [-0.3, -0.25) is 9.59 Å². The summed E-state index contributed by atoms with van der Waals surface area (Å²) in [6.45, 7) is 6.88. The van der Waals surface area contributed by atoms with Crippen molar-refractivity contribution in [3.05, 3.63) is 0 Å². The van der Waals surface area contributed by atoms with Crippen molar-refractivity contribution in [3.63, 3.8) is 0 Å². The number of likely N-dealkylation sites (N-methyl/N-ethyl adjacent to an activating group) is 2. The Morgan fingerprint density at radius 3 is 2.58 bits per heavy atom. The quantitative estimate of drug-likeness (QED) is 0.669. The Labute approximate surface area is 114 Å². The molecule has 0 atom stereocenters. The van der Waals surface area contributed by atoms with Gasteiger partial charge in [0.05, 0.1) is 12.6 Å². The smallest absolute Gasteiger partial charge is 0.249 e. The second-order valence-corrected chi connectivity index (χ2v) is 4.62. The number of rotatable bonds is 7. The maximum Gasteiger partial charge on any atom is 0.249 e. The van der Waals surface area contributed by atoms with Crippen LogP contribution in [0.25, 0.3) is 0 Å². The molecule has 0 aliphatic carbocycles. The van der Waals surface area contributed by atoms with Crippen LogP contribution < -0.4 is 10.6 Å². The van der Waals surface area contributed by atoms with E-state index in [2.05, 4.69) is 10.6 Å². The molecule has 1 aliphatic heterocycles. The van der Waals surface area contributed by atoms with Crippen LogP contribution in [0.3, 0.4) is 0 Å². The van der Waals surface area contributed by atoms with Gasteiger partial charge in [0.25, 0.3) is 0 Å². The first-order valence-corrected chi connectivity index (χ1v) is 7.04. The molecule has 2 N–H and O–H groups in total. The van der Waals surface area contributed by atoms with Gasteiger partial charge in [0.2, 0.25) is 11.8 Å². The van der Waals surface area contributed by atoms with Crippen LogP contribution in [0.15, 0.2) is 0 Å². The van der Waals surface area contributed by atoms with Crippen LogP contribution in [-0.2, 0) is 14.3 Å². The van der Waals surface area contributed by atoms with Gasteiger partial charge in [-0.15, -0.1) is 0 Å². The van der Waals surface area contributed by atoms with Crippen molar-refractivity contribution in [2.24, 2.45) is 0 Å². The van der Waals surface area contributed by atoms with E-state index in [0.717, 1.165) is 25.9 Å². The second kappa shape index (κ2) is 8.87. The summed E-state index contributed by atoms with van der Waals surface area (Å²) >= 11 is 0. The van der Waals surface area contributed by atoms with Gasteiger partial charge in [-0.2, -0.15) is 0 Å². The van der Waals surface area contributed by atoms with Gasteiger partial charge in [0.15, 0.2) is 0 Å². The van der Waals surface area contributed by atoms with Crippen LogP contribution >= 0.6 is 0 Å². The van der Waals surface area contributed by atoms with E-state index in [1.165, 1.54) is 4.90 Å². The number of amides is 2. The number of nitrogens with one attached hydrogen (secondary N) is 2. The highest BCUT2D eigenvalue weighted by Gasteiger charge is 2.19. The number of hydrogen-bond acceptors (Lipinski definition) is 4. The molecule has 0 spiro atoms. The van der Waals surface area contributed by atoms with Crippen molar-refractivity contribution in [1.29, 1.82) is 0 Å². The molecule has 1 rings (SSSR count). The van der Waals surface area contributed by atoms with E-state index in [9.17, 15) is 9.59 Å². The number of nitrogens with zero attached hydrogens (tertiary/aromatic N) is 1. The van der Waals surface area contributed by atoms with E-state index in [1.54, 1.807) is 0 Å². The van der Waals surface area contributed by atoms with Crippen molar-refractivity contribution in [2.45, 2.75) is 32.8 Å². The Hall–Kier alpha value is -1.14. The highest BCUT2D eigenvalue weighted by Crippen LogP contribution is 2.07. The van der Waals surface area contributed by atoms with Crippen molar-refractivity contribution in [3.8, 4) is 0 Å². The standard InChI is InChI=1S/C13H25N3O3/c1-3-15-12(17)9-16(4-2)13(18)10-19-11-5-7-14-8-6-11/h11,14H,3-10H2,1-2H3,(H,15,17). The van der Waals surface area contributed by atoms with Crippen LogP contribution in [0.4, 0.5) is 0 Å². The Morgan fingerprint density at radius 2 is 2.00 bits per heavy atom. The fourth-order valence-electron chi connectivity index (χ4n) is 2.05. The molecule has 6 heteroatoms. The van der Waals surface area contributed by atoms with E-state index in [0.29, 0.717) is 13.1 Å². The molecule has 1 aliphatic rings. The van der Waals surface area contributed by atoms with Gasteiger partial charge >= 0.3 is 0 Å². The summed E-state index contributed by atoms with van der Waals surface area (Å²) in [6.07, 6.45) is 2.04. The van der Waals surface area contributed by atoms with E-state index < -0.39 is 0 Å². The first-order valence-electron chi connectivity index (χ1n) is 7.04. The largest absolute Gasteiger partial charge is 0.368 e. The van der Waals surface area contributed by atoms with Gasteiger partial charge < -0.3 is 20.3 Å². The number of carbonyl (C=O) groups is 2. The third kappa shape index (κ3) is 6.02. The molecular weight excluding hydrogens is 246 g/mol. The first kappa shape index (κ1) is 15.9. The number of piperidine rings is 1. The summed E-state index contributed by atoms with van der Waals surface area (Å²) < 4.78 is 5.61. The molecule has 2 amide bonds. The minimum atomic E-state index is -0.125. The van der Waals surface area contributed by atoms with Crippen molar-refractivity contribution >= 4 is 11.8 Å². The fourth-order valence-corrected chi connectivity index (χ4v) is 2.05. The second-order valence-electron chi connectivity index (χ2n) is 4.62. The Balaban J connectivity index is 2.29. The van der Waals surface area contributed by atoms with Crippen molar-refractivity contribution < 1.29 is 14.3 Å². The van der Waals surface area contributed by atoms with E-state index in [-0.39, 0.29) is 31.1 Å². The van der Waals surface area contributed by atoms with Crippen LogP contribution in [-0.4, -0.2) is 62.1 Å². The molecule has 6 nitrogen and oxygen atoms in total. The van der Waals surface area contributed by atoms with E-state index in [4.69, 9.17) is 4.74 Å².